The lowest BCUT2D eigenvalue weighted by atomic mass is 10.1. The first-order valence-corrected chi connectivity index (χ1v) is 6.19. The van der Waals surface area contributed by atoms with Crippen molar-refractivity contribution >= 4 is 21.8 Å². The number of primary amides is 1. The van der Waals surface area contributed by atoms with Crippen LogP contribution in [0, 0.1) is 5.82 Å². The molecule has 1 amide bonds. The number of carbonyl (C=O) groups is 1. The number of hydrogen-bond acceptors (Lipinski definition) is 3. The Kier molecular flexibility index (Phi) is 4.11. The van der Waals surface area contributed by atoms with Crippen molar-refractivity contribution in [2.45, 2.75) is 6.61 Å². The highest BCUT2D eigenvalue weighted by atomic mass is 79.9. The first-order chi connectivity index (χ1) is 9.08. The summed E-state index contributed by atoms with van der Waals surface area (Å²) in [6.45, 7) is 0.0369. The third kappa shape index (κ3) is 3.29. The predicted molar refractivity (Wildman–Crippen MR) is 71.2 cm³/mol. The number of carbonyl (C=O) groups excluding carboxylic acids is 1. The van der Waals surface area contributed by atoms with Gasteiger partial charge in [0.1, 0.15) is 17.0 Å². The molecule has 4 nitrogen and oxygen atoms in total. The molecule has 98 valence electrons. The Bertz CT molecular complexity index is 619. The number of hydrogen-bond donors (Lipinski definition) is 1. The van der Waals surface area contributed by atoms with Crippen molar-refractivity contribution in [1.29, 1.82) is 0 Å². The van der Waals surface area contributed by atoms with Crippen LogP contribution in [0.1, 0.15) is 15.9 Å². The Labute approximate surface area is 117 Å². The van der Waals surface area contributed by atoms with Gasteiger partial charge in [0.25, 0.3) is 0 Å². The Balaban J connectivity index is 2.12. The molecular formula is C13H10BrFN2O2. The summed E-state index contributed by atoms with van der Waals surface area (Å²) in [7, 11) is 0. The van der Waals surface area contributed by atoms with Gasteiger partial charge >= 0.3 is 0 Å². The highest BCUT2D eigenvalue weighted by Gasteiger charge is 2.08. The fourth-order valence-corrected chi connectivity index (χ4v) is 1.82. The van der Waals surface area contributed by atoms with E-state index in [1.54, 1.807) is 18.3 Å². The summed E-state index contributed by atoms with van der Waals surface area (Å²) in [6, 6.07) is 7.46. The molecule has 0 aliphatic rings. The lowest BCUT2D eigenvalue weighted by molar-refractivity contribution is 0.0999. The van der Waals surface area contributed by atoms with Crippen LogP contribution in [0.25, 0.3) is 0 Å². The van der Waals surface area contributed by atoms with Crippen molar-refractivity contribution < 1.29 is 13.9 Å². The molecule has 0 bridgehead atoms. The second kappa shape index (κ2) is 5.79. The Morgan fingerprint density at radius 2 is 2.21 bits per heavy atom. The van der Waals surface area contributed by atoms with Crippen LogP contribution >= 0.6 is 15.9 Å². The molecule has 19 heavy (non-hydrogen) atoms. The third-order valence-electron chi connectivity index (χ3n) is 2.45. The molecule has 0 aliphatic heterocycles. The normalized spacial score (nSPS) is 10.2. The molecule has 0 fully saturated rings. The van der Waals surface area contributed by atoms with Gasteiger partial charge in [-0.25, -0.2) is 9.37 Å². The number of halogens is 2. The van der Waals surface area contributed by atoms with E-state index in [1.165, 1.54) is 12.1 Å². The Morgan fingerprint density at radius 3 is 2.84 bits per heavy atom. The quantitative estimate of drug-likeness (QED) is 0.879. The molecule has 0 aliphatic carbocycles. The van der Waals surface area contributed by atoms with Gasteiger partial charge in [-0.1, -0.05) is 6.07 Å². The first kappa shape index (κ1) is 13.5. The maximum Gasteiger partial charge on any atom is 0.248 e. The van der Waals surface area contributed by atoms with Crippen molar-refractivity contribution in [2.75, 3.05) is 0 Å². The number of nitrogens with zero attached hydrogens (tertiary/aromatic N) is 1. The highest BCUT2D eigenvalue weighted by Crippen LogP contribution is 2.22. The molecule has 2 rings (SSSR count). The van der Waals surface area contributed by atoms with Crippen LogP contribution in [0.15, 0.2) is 41.1 Å². The maximum atomic E-state index is 13.7. The van der Waals surface area contributed by atoms with E-state index in [-0.39, 0.29) is 12.2 Å². The summed E-state index contributed by atoms with van der Waals surface area (Å²) < 4.78 is 19.7. The topological polar surface area (TPSA) is 65.2 Å². The molecular weight excluding hydrogens is 315 g/mol. The third-order valence-corrected chi connectivity index (χ3v) is 3.04. The van der Waals surface area contributed by atoms with E-state index in [0.29, 0.717) is 15.9 Å². The van der Waals surface area contributed by atoms with Gasteiger partial charge < -0.3 is 10.5 Å². The van der Waals surface area contributed by atoms with Gasteiger partial charge in [0.05, 0.1) is 0 Å². The number of pyridine rings is 1. The lowest BCUT2D eigenvalue weighted by Gasteiger charge is -2.08. The van der Waals surface area contributed by atoms with E-state index in [2.05, 4.69) is 20.9 Å². The van der Waals surface area contributed by atoms with E-state index >= 15 is 0 Å². The lowest BCUT2D eigenvalue weighted by Crippen LogP contribution is -2.11. The average molecular weight is 325 g/mol. The smallest absolute Gasteiger partial charge is 0.248 e. The summed E-state index contributed by atoms with van der Waals surface area (Å²) in [5.74, 6) is -0.682. The minimum Gasteiger partial charge on any atom is -0.486 e. The zero-order chi connectivity index (χ0) is 13.8. The molecule has 2 N–H and O–H groups in total. The van der Waals surface area contributed by atoms with E-state index in [9.17, 15) is 9.18 Å². The van der Waals surface area contributed by atoms with Gasteiger partial charge in [0.15, 0.2) is 5.75 Å². The van der Waals surface area contributed by atoms with Gasteiger partial charge in [-0.15, -0.1) is 0 Å². The Hall–Kier alpha value is -1.95. The highest BCUT2D eigenvalue weighted by molar-refractivity contribution is 9.10. The van der Waals surface area contributed by atoms with Crippen molar-refractivity contribution in [3.63, 3.8) is 0 Å². The summed E-state index contributed by atoms with van der Waals surface area (Å²) in [5, 5.41) is 0. The molecule has 6 heteroatoms. The fourth-order valence-electron chi connectivity index (χ4n) is 1.45. The molecule has 2 aromatic rings. The van der Waals surface area contributed by atoms with Crippen LogP contribution in [0.5, 0.6) is 5.75 Å². The number of rotatable bonds is 4. The molecule has 0 spiro atoms. The number of amides is 1. The van der Waals surface area contributed by atoms with Crippen molar-refractivity contribution in [1.82, 2.24) is 4.98 Å². The molecule has 0 atom stereocenters. The average Bonchev–Trinajstić information content (AvgIpc) is 2.39. The van der Waals surface area contributed by atoms with Crippen LogP contribution in [0.3, 0.4) is 0 Å². The molecule has 1 aromatic carbocycles. The molecule has 0 radical (unpaired) electrons. The van der Waals surface area contributed by atoms with E-state index in [4.69, 9.17) is 10.5 Å². The molecule has 1 aromatic heterocycles. The molecule has 0 saturated heterocycles. The van der Waals surface area contributed by atoms with Gasteiger partial charge in [-0.3, -0.25) is 4.79 Å². The molecule has 0 unspecified atom stereocenters. The summed E-state index contributed by atoms with van der Waals surface area (Å²) >= 11 is 3.23. The SMILES string of the molecule is NC(=O)c1ccc(COc2cccnc2Br)c(F)c1. The largest absolute Gasteiger partial charge is 0.486 e. The predicted octanol–water partition coefficient (Wildman–Crippen LogP) is 2.66. The van der Waals surface area contributed by atoms with Crippen LogP contribution in [-0.4, -0.2) is 10.9 Å². The number of aromatic nitrogens is 1. The number of benzene rings is 1. The minimum absolute atomic E-state index is 0.0369. The Morgan fingerprint density at radius 1 is 1.42 bits per heavy atom. The van der Waals surface area contributed by atoms with Crippen molar-refractivity contribution in [3.8, 4) is 5.75 Å². The molecule has 1 heterocycles. The van der Waals surface area contributed by atoms with Gasteiger partial charge in [0, 0.05) is 17.3 Å². The van der Waals surface area contributed by atoms with E-state index in [1.807, 2.05) is 0 Å². The maximum absolute atomic E-state index is 13.7. The van der Waals surface area contributed by atoms with Gasteiger partial charge in [0.2, 0.25) is 5.91 Å². The zero-order valence-electron chi connectivity index (χ0n) is 9.77. The van der Waals surface area contributed by atoms with Crippen LogP contribution in [-0.2, 0) is 6.61 Å². The number of ether oxygens (including phenoxy) is 1. The first-order valence-electron chi connectivity index (χ1n) is 5.39. The van der Waals surface area contributed by atoms with Gasteiger partial charge in [-0.2, -0.15) is 0 Å². The van der Waals surface area contributed by atoms with Crippen LogP contribution < -0.4 is 10.5 Å². The van der Waals surface area contributed by atoms with E-state index < -0.39 is 11.7 Å². The fraction of sp³-hybridized carbons (Fsp3) is 0.0769. The van der Waals surface area contributed by atoms with E-state index in [0.717, 1.165) is 6.07 Å². The second-order valence-corrected chi connectivity index (χ2v) is 4.50. The number of nitrogens with two attached hydrogens (primary N) is 1. The summed E-state index contributed by atoms with van der Waals surface area (Å²) in [4.78, 5) is 14.9. The second-order valence-electron chi connectivity index (χ2n) is 3.75. The van der Waals surface area contributed by atoms with Crippen molar-refractivity contribution in [3.05, 3.63) is 58.1 Å². The van der Waals surface area contributed by atoms with Crippen molar-refractivity contribution in [2.24, 2.45) is 5.73 Å². The zero-order valence-corrected chi connectivity index (χ0v) is 11.4. The standard InChI is InChI=1S/C13H10BrFN2O2/c14-12-11(2-1-5-17-12)19-7-9-4-3-8(13(16)18)6-10(9)15/h1-6H,7H2,(H2,16,18). The van der Waals surface area contributed by atoms with Crippen LogP contribution in [0.4, 0.5) is 4.39 Å². The summed E-state index contributed by atoms with van der Waals surface area (Å²) in [5.41, 5.74) is 5.53. The minimum atomic E-state index is -0.665. The van der Waals surface area contributed by atoms with Crippen LogP contribution in [0.2, 0.25) is 0 Å². The monoisotopic (exact) mass is 324 g/mol. The van der Waals surface area contributed by atoms with Gasteiger partial charge in [-0.05, 0) is 40.2 Å². The summed E-state index contributed by atoms with van der Waals surface area (Å²) in [6.07, 6.45) is 1.61. The molecule has 0 saturated carbocycles.